The second-order valence-electron chi connectivity index (χ2n) is 7.77. The summed E-state index contributed by atoms with van der Waals surface area (Å²) in [4.78, 5) is 34.2. The number of nitrogens with zero attached hydrogens (tertiary/aromatic N) is 3. The predicted molar refractivity (Wildman–Crippen MR) is 131 cm³/mol. The largest absolute Gasteiger partial charge is 0.323 e. The molecule has 37 heavy (non-hydrogen) atoms. The van der Waals surface area contributed by atoms with Crippen LogP contribution in [-0.4, -0.2) is 32.0 Å². The minimum Gasteiger partial charge on any atom is -0.308 e. The van der Waals surface area contributed by atoms with Gasteiger partial charge < -0.3 is 10.6 Å². The zero-order valence-corrected chi connectivity index (χ0v) is 19.3. The summed E-state index contributed by atoms with van der Waals surface area (Å²) in [5, 5.41) is 10.9. The highest BCUT2D eigenvalue weighted by atomic mass is 35.5. The van der Waals surface area contributed by atoms with E-state index in [1.54, 1.807) is 12.4 Å². The van der Waals surface area contributed by atoms with Crippen molar-refractivity contribution in [2.45, 2.75) is 0 Å². The van der Waals surface area contributed by atoms with Crippen molar-refractivity contribution < 1.29 is 22.8 Å². The molecule has 184 valence electrons. The monoisotopic (exact) mass is 522 g/mol. The fourth-order valence-corrected chi connectivity index (χ4v) is 3.72. The molecular weight excluding hydrogens is 509 g/mol. The van der Waals surface area contributed by atoms with Gasteiger partial charge in [0.25, 0.3) is 0 Å². The Bertz CT molecular complexity index is 1680. The van der Waals surface area contributed by atoms with Crippen LogP contribution in [0.5, 0.6) is 0 Å². The molecule has 0 bridgehead atoms. The number of hydrogen-bond acceptors (Lipinski definition) is 5. The molecule has 0 fully saturated rings. The van der Waals surface area contributed by atoms with Gasteiger partial charge in [-0.2, -0.15) is 5.10 Å². The minimum atomic E-state index is -1.27. The lowest BCUT2D eigenvalue weighted by molar-refractivity contribution is 0.103. The van der Waals surface area contributed by atoms with E-state index < -0.39 is 40.5 Å². The summed E-state index contributed by atoms with van der Waals surface area (Å²) in [7, 11) is 0. The Kier molecular flexibility index (Phi) is 6.28. The van der Waals surface area contributed by atoms with Crippen molar-refractivity contribution in [1.82, 2.24) is 20.2 Å². The van der Waals surface area contributed by atoms with Crippen LogP contribution in [0.2, 0.25) is 5.02 Å². The second-order valence-corrected chi connectivity index (χ2v) is 8.17. The molecule has 8 nitrogen and oxygen atoms in total. The molecule has 0 radical (unpaired) electrons. The Labute approximate surface area is 211 Å². The topological polar surface area (TPSA) is 113 Å². The van der Waals surface area contributed by atoms with Gasteiger partial charge in [0.15, 0.2) is 11.6 Å². The Morgan fingerprint density at radius 3 is 2.46 bits per heavy atom. The lowest BCUT2D eigenvalue weighted by Gasteiger charge is -2.12. The van der Waals surface area contributed by atoms with E-state index in [1.165, 1.54) is 30.5 Å². The van der Waals surface area contributed by atoms with Crippen LogP contribution in [0.4, 0.5) is 29.3 Å². The van der Waals surface area contributed by atoms with Gasteiger partial charge in [-0.15, -0.1) is 0 Å². The normalized spacial score (nSPS) is 10.9. The van der Waals surface area contributed by atoms with Crippen molar-refractivity contribution >= 4 is 45.8 Å². The summed E-state index contributed by atoms with van der Waals surface area (Å²) in [6.07, 6.45) is 4.71. The number of anilines is 2. The first-order valence-electron chi connectivity index (χ1n) is 10.6. The molecule has 0 atom stereocenters. The molecule has 5 aromatic rings. The van der Waals surface area contributed by atoms with Crippen LogP contribution in [-0.2, 0) is 0 Å². The number of amides is 2. The van der Waals surface area contributed by atoms with Crippen LogP contribution in [0.25, 0.3) is 22.3 Å². The fraction of sp³-hybridized carbons (Fsp3) is 0. The molecule has 0 aliphatic heterocycles. The first-order valence-corrected chi connectivity index (χ1v) is 11.0. The van der Waals surface area contributed by atoms with Crippen molar-refractivity contribution in [3.63, 3.8) is 0 Å². The third-order valence-corrected chi connectivity index (χ3v) is 5.63. The molecule has 2 aromatic heterocycles. The Hall–Kier alpha value is -4.77. The molecule has 3 aromatic carbocycles. The van der Waals surface area contributed by atoms with Crippen LogP contribution < -0.4 is 10.6 Å². The van der Waals surface area contributed by atoms with Gasteiger partial charge in [-0.05, 0) is 48.5 Å². The first kappa shape index (κ1) is 23.9. The van der Waals surface area contributed by atoms with Crippen molar-refractivity contribution in [2.24, 2.45) is 0 Å². The number of rotatable bonds is 5. The van der Waals surface area contributed by atoms with Gasteiger partial charge in [0.05, 0.1) is 45.4 Å². The van der Waals surface area contributed by atoms with E-state index >= 15 is 4.39 Å². The number of urea groups is 1. The lowest BCUT2D eigenvalue weighted by Crippen LogP contribution is -2.21. The molecule has 0 aliphatic carbocycles. The Morgan fingerprint density at radius 2 is 1.70 bits per heavy atom. The summed E-state index contributed by atoms with van der Waals surface area (Å²) in [6, 6.07) is 8.62. The third-order valence-electron chi connectivity index (χ3n) is 5.34. The van der Waals surface area contributed by atoms with Gasteiger partial charge in [-0.1, -0.05) is 11.6 Å². The fourth-order valence-electron chi connectivity index (χ4n) is 3.54. The number of carbonyl (C=O) groups is 2. The standard InChI is InChI=1S/C25H14ClF3N6O2/c26-15-8-14(2-3-16(15)27)33-25(37)35-19-6-4-17(28)22(23(19)29)24(36)12-1-5-18-20(7-12)34-21(11-30-18)13-9-31-32-10-13/h1-11H,(H,31,32)(H2,33,35,37). The zero-order valence-electron chi connectivity index (χ0n) is 18.5. The summed E-state index contributed by atoms with van der Waals surface area (Å²) in [5.74, 6) is -4.02. The van der Waals surface area contributed by atoms with Gasteiger partial charge in [-0.25, -0.2) is 22.9 Å². The van der Waals surface area contributed by atoms with Crippen LogP contribution in [0.1, 0.15) is 15.9 Å². The van der Waals surface area contributed by atoms with Gasteiger partial charge in [0, 0.05) is 23.0 Å². The Balaban J connectivity index is 1.43. The molecule has 12 heteroatoms. The SMILES string of the molecule is O=C(Nc1ccc(F)c(Cl)c1)Nc1ccc(F)c(C(=O)c2ccc3ncc(-c4cn[nH]c4)nc3c2)c1F. The van der Waals surface area contributed by atoms with Crippen molar-refractivity contribution in [3.8, 4) is 11.3 Å². The van der Waals surface area contributed by atoms with Gasteiger partial charge in [0.2, 0.25) is 0 Å². The maximum absolute atomic E-state index is 15.2. The van der Waals surface area contributed by atoms with E-state index in [0.29, 0.717) is 22.3 Å². The van der Waals surface area contributed by atoms with Crippen LogP contribution >= 0.6 is 11.6 Å². The average molecular weight is 523 g/mol. The summed E-state index contributed by atoms with van der Waals surface area (Å²) >= 11 is 5.69. The molecule has 2 amide bonds. The van der Waals surface area contributed by atoms with Gasteiger partial charge >= 0.3 is 6.03 Å². The van der Waals surface area contributed by atoms with Gasteiger partial charge in [0.1, 0.15) is 11.6 Å². The molecule has 3 N–H and O–H groups in total. The smallest absolute Gasteiger partial charge is 0.308 e. The summed E-state index contributed by atoms with van der Waals surface area (Å²) in [5.41, 5.74) is 0.751. The number of nitrogens with one attached hydrogen (secondary N) is 3. The van der Waals surface area contributed by atoms with Crippen LogP contribution in [0.3, 0.4) is 0 Å². The second kappa shape index (κ2) is 9.70. The molecule has 0 saturated heterocycles. The number of halogens is 4. The highest BCUT2D eigenvalue weighted by molar-refractivity contribution is 6.31. The first-order chi connectivity index (χ1) is 17.8. The Morgan fingerprint density at radius 1 is 0.892 bits per heavy atom. The van der Waals surface area contributed by atoms with E-state index in [-0.39, 0.29) is 16.3 Å². The van der Waals surface area contributed by atoms with E-state index in [0.717, 1.165) is 24.3 Å². The number of ketones is 1. The maximum Gasteiger partial charge on any atom is 0.323 e. The number of hydrogen-bond donors (Lipinski definition) is 3. The molecule has 0 aliphatic rings. The van der Waals surface area contributed by atoms with Crippen molar-refractivity contribution in [2.75, 3.05) is 10.6 Å². The van der Waals surface area contributed by atoms with E-state index in [4.69, 9.17) is 11.6 Å². The molecule has 0 saturated carbocycles. The number of aromatic amines is 1. The number of fused-ring (bicyclic) bond motifs is 1. The summed E-state index contributed by atoms with van der Waals surface area (Å²) in [6.45, 7) is 0. The molecule has 0 unspecified atom stereocenters. The number of aromatic nitrogens is 4. The summed E-state index contributed by atoms with van der Waals surface area (Å²) < 4.78 is 43.2. The molecule has 2 heterocycles. The molecular formula is C25H14ClF3N6O2. The average Bonchev–Trinajstić information content (AvgIpc) is 3.42. The quantitative estimate of drug-likeness (QED) is 0.246. The zero-order chi connectivity index (χ0) is 26.1. The molecule has 5 rings (SSSR count). The lowest BCUT2D eigenvalue weighted by atomic mass is 10.0. The molecule has 0 spiro atoms. The maximum atomic E-state index is 15.2. The number of carbonyl (C=O) groups excluding carboxylic acids is 2. The predicted octanol–water partition coefficient (Wildman–Crippen LogP) is 5.97. The van der Waals surface area contributed by atoms with E-state index in [9.17, 15) is 18.4 Å². The van der Waals surface area contributed by atoms with Crippen LogP contribution in [0, 0.1) is 17.5 Å². The highest BCUT2D eigenvalue weighted by Gasteiger charge is 2.23. The minimum absolute atomic E-state index is 0.0356. The number of benzene rings is 3. The van der Waals surface area contributed by atoms with Gasteiger partial charge in [-0.3, -0.25) is 14.9 Å². The van der Waals surface area contributed by atoms with E-state index in [2.05, 4.69) is 30.8 Å². The van der Waals surface area contributed by atoms with Crippen molar-refractivity contribution in [1.29, 1.82) is 0 Å². The third kappa shape index (κ3) is 4.84. The van der Waals surface area contributed by atoms with Crippen molar-refractivity contribution in [3.05, 3.63) is 101 Å². The van der Waals surface area contributed by atoms with Crippen LogP contribution in [0.15, 0.2) is 67.1 Å². The van der Waals surface area contributed by atoms with E-state index in [1.807, 2.05) is 0 Å². The highest BCUT2D eigenvalue weighted by Crippen LogP contribution is 2.26. The number of H-pyrrole nitrogens is 1.